The van der Waals surface area contributed by atoms with Gasteiger partial charge in [0.15, 0.2) is 0 Å². The van der Waals surface area contributed by atoms with Crippen molar-refractivity contribution in [3.05, 3.63) is 60.7 Å². The average Bonchev–Trinajstić information content (AvgIpc) is 2.36. The fraction of sp³-hybridized carbons (Fsp3) is 0.267. The molecule has 0 aliphatic rings. The van der Waals surface area contributed by atoms with E-state index in [9.17, 15) is 4.79 Å². The van der Waals surface area contributed by atoms with Crippen LogP contribution in [0.15, 0.2) is 42.5 Å². The second kappa shape index (κ2) is 14.3. The maximum Gasteiger partial charge on any atom is 0.303 e. The first-order chi connectivity index (χ1) is 8.20. The first-order valence-corrected chi connectivity index (χ1v) is 5.56. The molecule has 0 fully saturated rings. The molecule has 1 aromatic rings. The monoisotopic (exact) mass is 319 g/mol. The van der Waals surface area contributed by atoms with Gasteiger partial charge in [0.2, 0.25) is 0 Å². The SMILES string of the molecule is O=C(O)CCc1ccccc1.[CH-]=CC=[C-]CC.[Y]. The van der Waals surface area contributed by atoms with Gasteiger partial charge in [0.05, 0.1) is 0 Å². The summed E-state index contributed by atoms with van der Waals surface area (Å²) in [5.41, 5.74) is 1.08. The number of hydrogen-bond donors (Lipinski definition) is 1. The minimum absolute atomic E-state index is 0. The van der Waals surface area contributed by atoms with E-state index in [-0.39, 0.29) is 39.1 Å². The third-order valence-electron chi connectivity index (χ3n) is 1.89. The molecule has 18 heavy (non-hydrogen) atoms. The van der Waals surface area contributed by atoms with Crippen LogP contribution in [0.2, 0.25) is 0 Å². The summed E-state index contributed by atoms with van der Waals surface area (Å²) >= 11 is 0. The molecule has 1 N–H and O–H groups in total. The van der Waals surface area contributed by atoms with Crippen molar-refractivity contribution >= 4 is 5.97 Å². The van der Waals surface area contributed by atoms with Gasteiger partial charge in [-0.1, -0.05) is 37.3 Å². The molecule has 1 radical (unpaired) electrons. The number of rotatable bonds is 5. The Morgan fingerprint density at radius 1 is 1.39 bits per heavy atom. The maximum absolute atomic E-state index is 10.2. The van der Waals surface area contributed by atoms with Crippen LogP contribution in [-0.4, -0.2) is 11.1 Å². The first kappa shape index (κ1) is 19.6. The number of aryl methyl sites for hydroxylation is 1. The summed E-state index contributed by atoms with van der Waals surface area (Å²) in [7, 11) is 0. The van der Waals surface area contributed by atoms with Gasteiger partial charge in [-0.3, -0.25) is 4.79 Å². The molecule has 0 aliphatic heterocycles. The van der Waals surface area contributed by atoms with E-state index in [0.717, 1.165) is 12.0 Å². The van der Waals surface area contributed by atoms with Crippen molar-refractivity contribution in [2.45, 2.75) is 26.2 Å². The van der Waals surface area contributed by atoms with Crippen molar-refractivity contribution in [3.63, 3.8) is 0 Å². The van der Waals surface area contributed by atoms with E-state index < -0.39 is 5.97 Å². The Morgan fingerprint density at radius 2 is 2.00 bits per heavy atom. The van der Waals surface area contributed by atoms with Crippen molar-refractivity contribution in [2.75, 3.05) is 0 Å². The molecule has 0 bridgehead atoms. The Balaban J connectivity index is 0. The van der Waals surface area contributed by atoms with Crippen LogP contribution in [0.5, 0.6) is 0 Å². The standard InChI is InChI=1S/C9H10O2.C6H8.Y/c10-9(11)7-6-8-4-2-1-3-5-8;1-3-5-6-4-2;/h1-5H,6-7H2,(H,10,11);1,3,5H,4H2,2H3;/q;-2;. The molecule has 0 aliphatic carbocycles. The molecule has 1 aromatic carbocycles. The number of carbonyl (C=O) groups is 1. The van der Waals surface area contributed by atoms with Crippen molar-refractivity contribution < 1.29 is 42.6 Å². The number of benzene rings is 1. The van der Waals surface area contributed by atoms with Gasteiger partial charge >= 0.3 is 5.97 Å². The predicted octanol–water partition coefficient (Wildman–Crippen LogP) is 3.45. The summed E-state index contributed by atoms with van der Waals surface area (Å²) in [6.07, 6.45) is 7.85. The topological polar surface area (TPSA) is 37.3 Å². The van der Waals surface area contributed by atoms with Crippen LogP contribution in [0.1, 0.15) is 25.3 Å². The summed E-state index contributed by atoms with van der Waals surface area (Å²) < 4.78 is 0. The van der Waals surface area contributed by atoms with Crippen molar-refractivity contribution in [2.24, 2.45) is 0 Å². The third kappa shape index (κ3) is 13.3. The van der Waals surface area contributed by atoms with Gasteiger partial charge in [-0.05, 0) is 12.0 Å². The van der Waals surface area contributed by atoms with Gasteiger partial charge < -0.3 is 29.9 Å². The molecule has 0 saturated carbocycles. The summed E-state index contributed by atoms with van der Waals surface area (Å²) in [4.78, 5) is 10.2. The predicted molar refractivity (Wildman–Crippen MR) is 69.4 cm³/mol. The molecule has 0 spiro atoms. The molecular formula is C15H18O2Y-2. The normalized spacial score (nSPS) is 8.94. The molecule has 0 heterocycles. The van der Waals surface area contributed by atoms with Gasteiger partial charge in [0.1, 0.15) is 0 Å². The largest absolute Gasteiger partial charge is 0.481 e. The summed E-state index contributed by atoms with van der Waals surface area (Å²) in [6, 6.07) is 9.62. The van der Waals surface area contributed by atoms with Crippen LogP contribution in [-0.2, 0) is 43.9 Å². The fourth-order valence-corrected chi connectivity index (χ4v) is 1.08. The van der Waals surface area contributed by atoms with Crippen LogP contribution in [0.3, 0.4) is 0 Å². The number of carboxylic acid groups (broad SMARTS) is 1. The van der Waals surface area contributed by atoms with Gasteiger partial charge in [-0.25, -0.2) is 0 Å². The zero-order valence-corrected chi connectivity index (χ0v) is 13.5. The number of aliphatic carboxylic acids is 1. The Bertz CT molecular complexity index is 345. The van der Waals surface area contributed by atoms with Crippen molar-refractivity contribution in [1.29, 1.82) is 0 Å². The van der Waals surface area contributed by atoms with Gasteiger partial charge in [0.25, 0.3) is 0 Å². The van der Waals surface area contributed by atoms with Gasteiger partial charge in [0, 0.05) is 39.1 Å². The summed E-state index contributed by atoms with van der Waals surface area (Å²) in [6.45, 7) is 6.99. The molecule has 3 heteroatoms. The Morgan fingerprint density at radius 3 is 2.39 bits per heavy atom. The second-order valence-electron chi connectivity index (χ2n) is 3.30. The molecule has 0 amide bonds. The van der Waals surface area contributed by atoms with E-state index in [1.807, 2.05) is 37.3 Å². The zero-order valence-electron chi connectivity index (χ0n) is 10.7. The summed E-state index contributed by atoms with van der Waals surface area (Å²) in [5, 5.41) is 8.37. The quantitative estimate of drug-likeness (QED) is 0.667. The van der Waals surface area contributed by atoms with Crippen LogP contribution in [0.4, 0.5) is 0 Å². The van der Waals surface area contributed by atoms with E-state index in [0.29, 0.717) is 6.42 Å². The van der Waals surface area contributed by atoms with Crippen LogP contribution in [0.25, 0.3) is 0 Å². The van der Waals surface area contributed by atoms with Gasteiger partial charge in [-0.15, -0.1) is 6.42 Å². The molecule has 2 nitrogen and oxygen atoms in total. The van der Waals surface area contributed by atoms with E-state index in [1.165, 1.54) is 6.08 Å². The summed E-state index contributed by atoms with van der Waals surface area (Å²) in [5.74, 6) is -0.742. The fourth-order valence-electron chi connectivity index (χ4n) is 1.08. The molecule has 95 valence electrons. The smallest absolute Gasteiger partial charge is 0.303 e. The van der Waals surface area contributed by atoms with Crippen LogP contribution >= 0.6 is 0 Å². The average molecular weight is 319 g/mol. The second-order valence-corrected chi connectivity index (χ2v) is 3.30. The third-order valence-corrected chi connectivity index (χ3v) is 1.89. The molecule has 0 unspecified atom stereocenters. The molecule has 0 atom stereocenters. The molecule has 0 aromatic heterocycles. The molecular weight excluding hydrogens is 301 g/mol. The number of allylic oxidation sites excluding steroid dienone is 3. The number of hydrogen-bond acceptors (Lipinski definition) is 1. The van der Waals surface area contributed by atoms with E-state index in [2.05, 4.69) is 6.08 Å². The van der Waals surface area contributed by atoms with Gasteiger partial charge in [-0.2, -0.15) is 0 Å². The van der Waals surface area contributed by atoms with Crippen molar-refractivity contribution in [3.8, 4) is 0 Å². The van der Waals surface area contributed by atoms with Crippen LogP contribution in [0, 0.1) is 12.7 Å². The minimum Gasteiger partial charge on any atom is -0.481 e. The zero-order chi connectivity index (χ0) is 12.9. The maximum atomic E-state index is 10.2. The Hall–Kier alpha value is -0.726. The van der Waals surface area contributed by atoms with Crippen LogP contribution < -0.4 is 0 Å². The number of carboxylic acids is 1. The molecule has 1 rings (SSSR count). The van der Waals surface area contributed by atoms with E-state index >= 15 is 0 Å². The van der Waals surface area contributed by atoms with E-state index in [1.54, 1.807) is 6.08 Å². The van der Waals surface area contributed by atoms with E-state index in [4.69, 9.17) is 11.7 Å². The molecule has 0 saturated heterocycles. The Labute approximate surface area is 135 Å². The minimum atomic E-state index is -0.742. The van der Waals surface area contributed by atoms with Crippen molar-refractivity contribution in [1.82, 2.24) is 0 Å². The first-order valence-electron chi connectivity index (χ1n) is 5.56. The Kier molecular flexibility index (Phi) is 15.6.